The lowest BCUT2D eigenvalue weighted by Gasteiger charge is -2.38. The Morgan fingerprint density at radius 2 is 1.90 bits per heavy atom. The maximum atomic E-state index is 13.6. The minimum absolute atomic E-state index is 0.0219. The number of para-hydroxylation sites is 1. The number of rotatable bonds is 4. The van der Waals surface area contributed by atoms with Crippen molar-refractivity contribution in [1.29, 1.82) is 0 Å². The molecule has 4 rings (SSSR count). The van der Waals surface area contributed by atoms with Crippen molar-refractivity contribution in [1.82, 2.24) is 20.2 Å². The Bertz CT molecular complexity index is 1070. The summed E-state index contributed by atoms with van der Waals surface area (Å²) < 4.78 is 13.6. The maximum absolute atomic E-state index is 13.6. The molecule has 0 spiro atoms. The first kappa shape index (κ1) is 20.2. The highest BCUT2D eigenvalue weighted by atomic mass is 32.1. The van der Waals surface area contributed by atoms with Crippen molar-refractivity contribution in [2.24, 2.45) is 0 Å². The van der Waals surface area contributed by atoms with Crippen LogP contribution in [0, 0.1) is 5.82 Å². The molecule has 8 nitrogen and oxygen atoms in total. The zero-order valence-corrected chi connectivity index (χ0v) is 17.2. The van der Waals surface area contributed by atoms with Gasteiger partial charge in [0, 0.05) is 26.2 Å². The number of aromatic nitrogens is 2. The summed E-state index contributed by atoms with van der Waals surface area (Å²) in [6.07, 6.45) is 1.57. The Labute approximate surface area is 176 Å². The SMILES string of the molecule is CC(C(=O)NC(=O)Nc1ccccc1F)N1CCN(c2ncnc3sccc23)CC1. The second-order valence-electron chi connectivity index (χ2n) is 6.96. The van der Waals surface area contributed by atoms with E-state index in [0.717, 1.165) is 16.0 Å². The topological polar surface area (TPSA) is 90.5 Å². The van der Waals surface area contributed by atoms with Crippen LogP contribution in [0.15, 0.2) is 42.0 Å². The van der Waals surface area contributed by atoms with Gasteiger partial charge in [-0.3, -0.25) is 15.0 Å². The van der Waals surface area contributed by atoms with Gasteiger partial charge < -0.3 is 10.2 Å². The number of hydrogen-bond donors (Lipinski definition) is 2. The van der Waals surface area contributed by atoms with E-state index in [4.69, 9.17) is 0 Å². The summed E-state index contributed by atoms with van der Waals surface area (Å²) in [6.45, 7) is 4.48. The predicted molar refractivity (Wildman–Crippen MR) is 114 cm³/mol. The molecule has 0 radical (unpaired) electrons. The lowest BCUT2D eigenvalue weighted by molar-refractivity contribution is -0.124. The number of benzene rings is 1. The molecule has 1 aliphatic heterocycles. The third-order valence-electron chi connectivity index (χ3n) is 5.14. The Hall–Kier alpha value is -3.11. The Kier molecular flexibility index (Phi) is 5.86. The summed E-state index contributed by atoms with van der Waals surface area (Å²) in [7, 11) is 0. The molecule has 3 amide bonds. The molecule has 1 saturated heterocycles. The van der Waals surface area contributed by atoms with Crippen LogP contribution in [0.4, 0.5) is 20.7 Å². The molecule has 1 fully saturated rings. The number of hydrogen-bond acceptors (Lipinski definition) is 7. The molecule has 1 aliphatic rings. The van der Waals surface area contributed by atoms with Gasteiger partial charge in [-0.2, -0.15) is 0 Å². The minimum Gasteiger partial charge on any atom is -0.353 e. The van der Waals surface area contributed by atoms with Crippen molar-refractivity contribution in [3.05, 3.63) is 47.9 Å². The number of nitrogens with one attached hydrogen (secondary N) is 2. The first-order valence-corrected chi connectivity index (χ1v) is 10.4. The molecule has 0 aliphatic carbocycles. The molecule has 1 aromatic carbocycles. The van der Waals surface area contributed by atoms with E-state index in [1.54, 1.807) is 30.7 Å². The minimum atomic E-state index is -0.753. The second kappa shape index (κ2) is 8.72. The highest BCUT2D eigenvalue weighted by molar-refractivity contribution is 7.16. The molecular weight excluding hydrogens is 407 g/mol. The molecule has 2 N–H and O–H groups in total. The normalized spacial score (nSPS) is 15.7. The number of fused-ring (bicyclic) bond motifs is 1. The first-order valence-electron chi connectivity index (χ1n) is 9.56. The zero-order valence-electron chi connectivity index (χ0n) is 16.3. The highest BCUT2D eigenvalue weighted by Crippen LogP contribution is 2.27. The van der Waals surface area contributed by atoms with Crippen LogP contribution in [-0.4, -0.2) is 59.0 Å². The van der Waals surface area contributed by atoms with Crippen molar-refractivity contribution >= 4 is 45.0 Å². The molecule has 1 unspecified atom stereocenters. The Morgan fingerprint density at radius 1 is 1.13 bits per heavy atom. The van der Waals surface area contributed by atoms with E-state index in [1.165, 1.54) is 18.2 Å². The molecule has 156 valence electrons. The van der Waals surface area contributed by atoms with Gasteiger partial charge >= 0.3 is 6.03 Å². The number of nitrogens with zero attached hydrogens (tertiary/aromatic N) is 4. The van der Waals surface area contributed by atoms with Crippen molar-refractivity contribution in [3.8, 4) is 0 Å². The number of piperazine rings is 1. The lowest BCUT2D eigenvalue weighted by atomic mass is 10.2. The smallest absolute Gasteiger partial charge is 0.326 e. The quantitative estimate of drug-likeness (QED) is 0.664. The van der Waals surface area contributed by atoms with E-state index in [2.05, 4.69) is 25.5 Å². The fraction of sp³-hybridized carbons (Fsp3) is 0.300. The van der Waals surface area contributed by atoms with Gasteiger partial charge in [-0.1, -0.05) is 12.1 Å². The Balaban J connectivity index is 1.32. The number of imide groups is 1. The van der Waals surface area contributed by atoms with Crippen molar-refractivity contribution < 1.29 is 14.0 Å². The summed E-state index contributed by atoms with van der Waals surface area (Å²) >= 11 is 1.58. The van der Waals surface area contributed by atoms with Crippen LogP contribution in [0.5, 0.6) is 0 Å². The maximum Gasteiger partial charge on any atom is 0.326 e. The molecule has 0 saturated carbocycles. The largest absolute Gasteiger partial charge is 0.353 e. The molecule has 30 heavy (non-hydrogen) atoms. The van der Waals surface area contributed by atoms with Crippen LogP contribution in [-0.2, 0) is 4.79 Å². The van der Waals surface area contributed by atoms with Gasteiger partial charge in [-0.25, -0.2) is 19.2 Å². The number of amides is 3. The van der Waals surface area contributed by atoms with E-state index < -0.39 is 23.8 Å². The van der Waals surface area contributed by atoms with E-state index in [0.29, 0.717) is 26.2 Å². The number of anilines is 2. The molecule has 2 aromatic heterocycles. The Morgan fingerprint density at radius 3 is 2.67 bits per heavy atom. The number of carbonyl (C=O) groups excluding carboxylic acids is 2. The fourth-order valence-electron chi connectivity index (χ4n) is 3.45. The second-order valence-corrected chi connectivity index (χ2v) is 7.85. The van der Waals surface area contributed by atoms with Gasteiger partial charge in [-0.05, 0) is 30.5 Å². The van der Waals surface area contributed by atoms with Crippen LogP contribution < -0.4 is 15.5 Å². The number of carbonyl (C=O) groups is 2. The van der Waals surface area contributed by atoms with Gasteiger partial charge in [0.1, 0.15) is 22.8 Å². The van der Waals surface area contributed by atoms with Crippen LogP contribution in [0.1, 0.15) is 6.92 Å². The monoisotopic (exact) mass is 428 g/mol. The highest BCUT2D eigenvalue weighted by Gasteiger charge is 2.27. The number of urea groups is 1. The molecule has 3 heterocycles. The average Bonchev–Trinajstić information content (AvgIpc) is 3.24. The number of thiophene rings is 1. The standard InChI is InChI=1S/C20H21FN6O2S/c1-13(18(28)25-20(29)24-16-5-3-2-4-15(16)21)26-7-9-27(10-8-26)17-14-6-11-30-19(14)23-12-22-17/h2-6,11-13H,7-10H2,1H3,(H2,24,25,28,29). The first-order chi connectivity index (χ1) is 14.5. The predicted octanol–water partition coefficient (Wildman–Crippen LogP) is 2.69. The summed E-state index contributed by atoms with van der Waals surface area (Å²) in [5.74, 6) is -0.0875. The van der Waals surface area contributed by atoms with Crippen molar-refractivity contribution in [2.75, 3.05) is 36.4 Å². The molecule has 10 heteroatoms. The van der Waals surface area contributed by atoms with Crippen LogP contribution in [0.2, 0.25) is 0 Å². The number of halogens is 1. The van der Waals surface area contributed by atoms with E-state index in [9.17, 15) is 14.0 Å². The van der Waals surface area contributed by atoms with Gasteiger partial charge in [0.15, 0.2) is 0 Å². The zero-order chi connectivity index (χ0) is 21.1. The van der Waals surface area contributed by atoms with Crippen molar-refractivity contribution in [2.45, 2.75) is 13.0 Å². The van der Waals surface area contributed by atoms with Gasteiger partial charge in [0.05, 0.1) is 17.1 Å². The van der Waals surface area contributed by atoms with E-state index in [1.807, 2.05) is 16.3 Å². The van der Waals surface area contributed by atoms with Gasteiger partial charge in [0.25, 0.3) is 0 Å². The van der Waals surface area contributed by atoms with Crippen LogP contribution in [0.3, 0.4) is 0 Å². The van der Waals surface area contributed by atoms with Gasteiger partial charge in [-0.15, -0.1) is 11.3 Å². The molecular formula is C20H21FN6O2S. The lowest BCUT2D eigenvalue weighted by Crippen LogP contribution is -2.55. The summed E-state index contributed by atoms with van der Waals surface area (Å²) in [4.78, 5) is 38.4. The summed E-state index contributed by atoms with van der Waals surface area (Å²) in [6, 6.07) is 6.56. The molecule has 0 bridgehead atoms. The molecule has 3 aromatic rings. The third kappa shape index (κ3) is 4.24. The van der Waals surface area contributed by atoms with Gasteiger partial charge in [0.2, 0.25) is 5.91 Å². The summed E-state index contributed by atoms with van der Waals surface area (Å²) in [5.41, 5.74) is 0.0219. The summed E-state index contributed by atoms with van der Waals surface area (Å²) in [5, 5.41) is 7.67. The van der Waals surface area contributed by atoms with Crippen molar-refractivity contribution in [3.63, 3.8) is 0 Å². The van der Waals surface area contributed by atoms with E-state index in [-0.39, 0.29) is 5.69 Å². The average molecular weight is 428 g/mol. The van der Waals surface area contributed by atoms with Crippen LogP contribution >= 0.6 is 11.3 Å². The third-order valence-corrected chi connectivity index (χ3v) is 5.96. The van der Waals surface area contributed by atoms with Crippen LogP contribution in [0.25, 0.3) is 10.2 Å². The fourth-order valence-corrected chi connectivity index (χ4v) is 4.18. The molecule has 1 atom stereocenters. The van der Waals surface area contributed by atoms with E-state index >= 15 is 0 Å².